The summed E-state index contributed by atoms with van der Waals surface area (Å²) in [6.07, 6.45) is 0. The molecule has 1 aliphatic rings. The number of likely N-dealkylation sites (N-methyl/N-ethyl adjacent to an activating group) is 1. The normalized spacial score (nSPS) is 17.4. The Kier molecular flexibility index (Phi) is 6.35. The van der Waals surface area contributed by atoms with Crippen LogP contribution in [0.4, 0.5) is 5.69 Å². The van der Waals surface area contributed by atoms with Gasteiger partial charge >= 0.3 is 5.69 Å². The second-order valence-electron chi connectivity index (χ2n) is 5.65. The van der Waals surface area contributed by atoms with E-state index in [9.17, 15) is 10.1 Å². The van der Waals surface area contributed by atoms with Crippen molar-refractivity contribution in [1.29, 1.82) is 0 Å². The molecule has 0 spiro atoms. The molecular weight excluding hydrogens is 366 g/mol. The highest BCUT2D eigenvalue weighted by atomic mass is 35.5. The number of hydrogen-bond donors (Lipinski definition) is 1. The molecule has 2 aromatic rings. The smallest absolute Gasteiger partial charge is 0.315 e. The predicted octanol–water partition coefficient (Wildman–Crippen LogP) is 1.66. The van der Waals surface area contributed by atoms with E-state index in [0.717, 1.165) is 13.1 Å². The molecule has 2 heterocycles. The fourth-order valence-electron chi connectivity index (χ4n) is 2.79. The Morgan fingerprint density at radius 3 is 2.77 bits per heavy atom. The minimum absolute atomic E-state index is 0. The number of hydrogen-bond acceptors (Lipinski definition) is 9. The topological polar surface area (TPSA) is 116 Å². The minimum atomic E-state index is -0.541. The third-order valence-electron chi connectivity index (χ3n) is 4.15. The molecular formula is C15H20ClN5O5. The largest absolute Gasteiger partial charge is 0.493 e. The number of benzene rings is 1. The maximum Gasteiger partial charge on any atom is 0.315 e. The number of nitro benzene ring substituents is 1. The van der Waals surface area contributed by atoms with E-state index in [2.05, 4.69) is 20.4 Å². The molecule has 0 aliphatic carbocycles. The number of nitro groups is 1. The summed E-state index contributed by atoms with van der Waals surface area (Å²) in [7, 11) is 4.75. The van der Waals surface area contributed by atoms with E-state index in [-0.39, 0.29) is 41.5 Å². The summed E-state index contributed by atoms with van der Waals surface area (Å²) in [6, 6.07) is 2.90. The van der Waals surface area contributed by atoms with Crippen molar-refractivity contribution < 1.29 is 18.9 Å². The maximum absolute atomic E-state index is 11.3. The van der Waals surface area contributed by atoms with Gasteiger partial charge in [0.2, 0.25) is 5.75 Å². The van der Waals surface area contributed by atoms with Crippen LogP contribution in [0.1, 0.15) is 11.9 Å². The zero-order chi connectivity index (χ0) is 18.0. The van der Waals surface area contributed by atoms with Crippen LogP contribution in [0.3, 0.4) is 0 Å². The van der Waals surface area contributed by atoms with Crippen LogP contribution in [0.15, 0.2) is 16.7 Å². The van der Waals surface area contributed by atoms with Gasteiger partial charge in [-0.15, -0.1) is 12.4 Å². The lowest BCUT2D eigenvalue weighted by molar-refractivity contribution is -0.385. The third kappa shape index (κ3) is 3.71. The summed E-state index contributed by atoms with van der Waals surface area (Å²) in [5.74, 6) is 0.996. The van der Waals surface area contributed by atoms with E-state index < -0.39 is 4.92 Å². The molecule has 0 bridgehead atoms. The average Bonchev–Trinajstić information content (AvgIpc) is 3.10. The molecule has 1 aliphatic heterocycles. The molecule has 3 rings (SSSR count). The lowest BCUT2D eigenvalue weighted by atomic mass is 10.1. The number of nitrogens with one attached hydrogen (secondary N) is 1. The number of halogens is 1. The van der Waals surface area contributed by atoms with Crippen LogP contribution in [0, 0.1) is 10.1 Å². The van der Waals surface area contributed by atoms with Crippen molar-refractivity contribution >= 4 is 18.1 Å². The van der Waals surface area contributed by atoms with Gasteiger partial charge in [0.15, 0.2) is 11.6 Å². The van der Waals surface area contributed by atoms with E-state index in [1.807, 2.05) is 7.05 Å². The molecule has 1 aromatic carbocycles. The van der Waals surface area contributed by atoms with E-state index >= 15 is 0 Å². The van der Waals surface area contributed by atoms with Crippen LogP contribution < -0.4 is 14.8 Å². The van der Waals surface area contributed by atoms with Gasteiger partial charge in [0, 0.05) is 25.7 Å². The van der Waals surface area contributed by atoms with Gasteiger partial charge in [-0.05, 0) is 13.1 Å². The van der Waals surface area contributed by atoms with Gasteiger partial charge in [0.1, 0.15) is 0 Å². The van der Waals surface area contributed by atoms with Crippen molar-refractivity contribution in [1.82, 2.24) is 20.4 Å². The summed E-state index contributed by atoms with van der Waals surface area (Å²) in [6.45, 7) is 2.48. The third-order valence-corrected chi connectivity index (χ3v) is 4.15. The van der Waals surface area contributed by atoms with Crippen molar-refractivity contribution in [2.75, 3.05) is 40.9 Å². The van der Waals surface area contributed by atoms with Crippen LogP contribution in [-0.2, 0) is 0 Å². The Hall–Kier alpha value is -2.43. The van der Waals surface area contributed by atoms with Gasteiger partial charge in [0.05, 0.1) is 30.7 Å². The van der Waals surface area contributed by atoms with E-state index in [4.69, 9.17) is 14.0 Å². The molecule has 1 saturated heterocycles. The first kappa shape index (κ1) is 19.9. The Morgan fingerprint density at radius 2 is 2.15 bits per heavy atom. The summed E-state index contributed by atoms with van der Waals surface area (Å²) in [5.41, 5.74) is 0.169. The van der Waals surface area contributed by atoms with Gasteiger partial charge < -0.3 is 19.3 Å². The SMILES string of the molecule is COc1cc(-c2nc(C3CNCCN3C)no2)cc([N+](=O)[O-])c1OC.Cl. The first-order chi connectivity index (χ1) is 12.0. The molecule has 26 heavy (non-hydrogen) atoms. The molecule has 1 fully saturated rings. The second kappa shape index (κ2) is 8.30. The monoisotopic (exact) mass is 385 g/mol. The number of nitrogens with zero attached hydrogens (tertiary/aromatic N) is 4. The molecule has 11 heteroatoms. The van der Waals surface area contributed by atoms with Crippen LogP contribution in [-0.4, -0.2) is 60.9 Å². The van der Waals surface area contributed by atoms with Crippen LogP contribution in [0.2, 0.25) is 0 Å². The maximum atomic E-state index is 11.3. The van der Waals surface area contributed by atoms with Crippen molar-refractivity contribution in [2.24, 2.45) is 0 Å². The van der Waals surface area contributed by atoms with Gasteiger partial charge in [-0.1, -0.05) is 5.16 Å². The second-order valence-corrected chi connectivity index (χ2v) is 5.65. The minimum Gasteiger partial charge on any atom is -0.493 e. The first-order valence-electron chi connectivity index (χ1n) is 7.70. The number of aromatic nitrogens is 2. The predicted molar refractivity (Wildman–Crippen MR) is 95.0 cm³/mol. The van der Waals surface area contributed by atoms with Crippen LogP contribution in [0.5, 0.6) is 11.5 Å². The highest BCUT2D eigenvalue weighted by molar-refractivity contribution is 5.85. The Morgan fingerprint density at radius 1 is 1.38 bits per heavy atom. The van der Waals surface area contributed by atoms with E-state index in [1.165, 1.54) is 20.3 Å². The number of piperazine rings is 1. The highest BCUT2D eigenvalue weighted by Gasteiger charge is 2.27. The van der Waals surface area contributed by atoms with E-state index in [0.29, 0.717) is 17.9 Å². The zero-order valence-corrected chi connectivity index (χ0v) is 15.4. The molecule has 0 amide bonds. The van der Waals surface area contributed by atoms with Crippen molar-refractivity contribution in [3.63, 3.8) is 0 Å². The first-order valence-corrected chi connectivity index (χ1v) is 7.70. The fourth-order valence-corrected chi connectivity index (χ4v) is 2.79. The lowest BCUT2D eigenvalue weighted by Crippen LogP contribution is -2.44. The zero-order valence-electron chi connectivity index (χ0n) is 14.6. The molecule has 10 nitrogen and oxygen atoms in total. The molecule has 142 valence electrons. The van der Waals surface area contributed by atoms with Gasteiger partial charge in [-0.25, -0.2) is 0 Å². The molecule has 0 radical (unpaired) electrons. The molecule has 1 N–H and O–H groups in total. The number of methoxy groups -OCH3 is 2. The van der Waals surface area contributed by atoms with Gasteiger partial charge in [-0.2, -0.15) is 4.98 Å². The molecule has 1 unspecified atom stereocenters. The number of rotatable bonds is 5. The molecule has 1 aromatic heterocycles. The van der Waals surface area contributed by atoms with Crippen molar-refractivity contribution in [2.45, 2.75) is 6.04 Å². The van der Waals surface area contributed by atoms with Gasteiger partial charge in [-0.3, -0.25) is 15.0 Å². The van der Waals surface area contributed by atoms with Crippen LogP contribution >= 0.6 is 12.4 Å². The van der Waals surface area contributed by atoms with Crippen LogP contribution in [0.25, 0.3) is 11.5 Å². The quantitative estimate of drug-likeness (QED) is 0.605. The Labute approximate surface area is 156 Å². The Balaban J connectivity index is 0.00000243. The van der Waals surface area contributed by atoms with Crippen molar-refractivity contribution in [3.05, 3.63) is 28.1 Å². The summed E-state index contributed by atoms with van der Waals surface area (Å²) in [4.78, 5) is 17.3. The van der Waals surface area contributed by atoms with Crippen molar-refractivity contribution in [3.8, 4) is 23.0 Å². The summed E-state index contributed by atoms with van der Waals surface area (Å²) >= 11 is 0. The van der Waals surface area contributed by atoms with Gasteiger partial charge in [0.25, 0.3) is 5.89 Å². The Bertz CT molecular complexity index is 784. The highest BCUT2D eigenvalue weighted by Crippen LogP contribution is 2.40. The summed E-state index contributed by atoms with van der Waals surface area (Å²) in [5, 5.41) is 18.6. The molecule has 1 atom stereocenters. The lowest BCUT2D eigenvalue weighted by Gasteiger charge is -2.30. The standard InChI is InChI=1S/C15H19N5O5.ClH/c1-19-5-4-16-8-11(19)14-17-15(25-18-14)9-6-10(20(21)22)13(24-3)12(7-9)23-2;/h6-7,11,16H,4-5,8H2,1-3H3;1H. The summed E-state index contributed by atoms with van der Waals surface area (Å²) < 4.78 is 15.6. The number of ether oxygens (including phenoxy) is 2. The molecule has 0 saturated carbocycles. The van der Waals surface area contributed by atoms with E-state index in [1.54, 1.807) is 6.07 Å². The fraction of sp³-hybridized carbons (Fsp3) is 0.467. The average molecular weight is 386 g/mol.